The van der Waals surface area contributed by atoms with E-state index in [4.69, 9.17) is 10.2 Å². The summed E-state index contributed by atoms with van der Waals surface area (Å²) in [6.07, 6.45) is 2.57. The van der Waals surface area contributed by atoms with Crippen molar-refractivity contribution in [2.45, 2.75) is 52.0 Å². The van der Waals surface area contributed by atoms with Gasteiger partial charge in [0.2, 0.25) is 0 Å². The minimum atomic E-state index is 0.483. The zero-order valence-electron chi connectivity index (χ0n) is 11.4. The lowest BCUT2D eigenvalue weighted by Gasteiger charge is -2.08. The lowest BCUT2D eigenvalue weighted by Crippen LogP contribution is -1.97. The fourth-order valence-corrected chi connectivity index (χ4v) is 2.87. The topological polar surface area (TPSA) is 39.2 Å². The summed E-state index contributed by atoms with van der Waals surface area (Å²) >= 11 is 0. The number of furan rings is 1. The highest BCUT2D eigenvalue weighted by molar-refractivity contribution is 5.89. The average molecular weight is 243 g/mol. The van der Waals surface area contributed by atoms with E-state index in [1.807, 2.05) is 0 Å². The third-order valence-electron chi connectivity index (χ3n) is 3.98. The molecule has 2 heteroatoms. The van der Waals surface area contributed by atoms with E-state index < -0.39 is 0 Å². The smallest absolute Gasteiger partial charge is 0.138 e. The van der Waals surface area contributed by atoms with E-state index in [0.29, 0.717) is 18.4 Å². The largest absolute Gasteiger partial charge is 0.459 e. The molecule has 0 bridgehead atoms. The molecule has 96 valence electrons. The van der Waals surface area contributed by atoms with E-state index in [0.717, 1.165) is 11.3 Å². The van der Waals surface area contributed by atoms with Crippen molar-refractivity contribution >= 4 is 11.0 Å². The molecule has 1 fully saturated rings. The highest BCUT2D eigenvalue weighted by atomic mass is 16.3. The highest BCUT2D eigenvalue weighted by Gasteiger charge is 2.31. The summed E-state index contributed by atoms with van der Waals surface area (Å²) in [7, 11) is 0. The van der Waals surface area contributed by atoms with Crippen molar-refractivity contribution in [3.63, 3.8) is 0 Å². The number of benzene rings is 1. The molecule has 1 heterocycles. The number of aryl methyl sites for hydroxylation is 1. The van der Waals surface area contributed by atoms with Crippen LogP contribution in [0.15, 0.2) is 16.5 Å². The second kappa shape index (κ2) is 4.13. The third kappa shape index (κ3) is 1.67. The lowest BCUT2D eigenvalue weighted by atomic mass is 9.95. The molecule has 1 saturated carbocycles. The first kappa shape index (κ1) is 11.8. The number of nitrogens with two attached hydrogens (primary N) is 1. The van der Waals surface area contributed by atoms with Gasteiger partial charge >= 0.3 is 0 Å². The number of hydrogen-bond donors (Lipinski definition) is 1. The van der Waals surface area contributed by atoms with Gasteiger partial charge in [0.15, 0.2) is 0 Å². The second-order valence-electron chi connectivity index (χ2n) is 5.75. The molecular formula is C16H21NO. The summed E-state index contributed by atoms with van der Waals surface area (Å²) in [6, 6.07) is 4.42. The van der Waals surface area contributed by atoms with E-state index in [1.54, 1.807) is 0 Å². The summed E-state index contributed by atoms with van der Waals surface area (Å²) in [6.45, 7) is 7.11. The molecule has 0 unspecified atom stereocenters. The van der Waals surface area contributed by atoms with E-state index in [-0.39, 0.29) is 0 Å². The predicted octanol–water partition coefficient (Wildman–Crippen LogP) is 4.20. The van der Waals surface area contributed by atoms with Crippen LogP contribution in [0, 0.1) is 6.92 Å². The number of fused-ring (bicyclic) bond motifs is 1. The van der Waals surface area contributed by atoms with Gasteiger partial charge < -0.3 is 10.2 Å². The van der Waals surface area contributed by atoms with E-state index >= 15 is 0 Å². The molecule has 1 aliphatic rings. The van der Waals surface area contributed by atoms with Crippen molar-refractivity contribution in [2.24, 2.45) is 5.73 Å². The van der Waals surface area contributed by atoms with Crippen LogP contribution in [-0.4, -0.2) is 0 Å². The maximum atomic E-state index is 6.10. The molecule has 2 nitrogen and oxygen atoms in total. The molecule has 0 spiro atoms. The standard InChI is InChI=1S/C16H21NO/c1-9(2)12-7-4-10(3)14-15(11-5-6-11)13(8-17)18-16(12)14/h4,7,9,11H,5-6,8,17H2,1-3H3. The Kier molecular flexibility index (Phi) is 2.70. The Bertz CT molecular complexity index is 591. The number of hydrogen-bond acceptors (Lipinski definition) is 2. The fraction of sp³-hybridized carbons (Fsp3) is 0.500. The molecular weight excluding hydrogens is 222 g/mol. The summed E-state index contributed by atoms with van der Waals surface area (Å²) in [5.74, 6) is 2.17. The molecule has 18 heavy (non-hydrogen) atoms. The van der Waals surface area contributed by atoms with Crippen LogP contribution >= 0.6 is 0 Å². The Labute approximate surface area is 108 Å². The van der Waals surface area contributed by atoms with Crippen LogP contribution in [0.5, 0.6) is 0 Å². The zero-order valence-corrected chi connectivity index (χ0v) is 11.4. The quantitative estimate of drug-likeness (QED) is 0.877. The van der Waals surface area contributed by atoms with Gasteiger partial charge in [0.25, 0.3) is 0 Å². The minimum absolute atomic E-state index is 0.483. The van der Waals surface area contributed by atoms with Gasteiger partial charge in [-0.05, 0) is 42.7 Å². The molecule has 1 aromatic heterocycles. The molecule has 0 radical (unpaired) electrons. The summed E-state index contributed by atoms with van der Waals surface area (Å²) in [5.41, 5.74) is 11.0. The highest BCUT2D eigenvalue weighted by Crippen LogP contribution is 2.47. The monoisotopic (exact) mass is 243 g/mol. The van der Waals surface area contributed by atoms with Crippen molar-refractivity contribution in [1.29, 1.82) is 0 Å². The maximum Gasteiger partial charge on any atom is 0.138 e. The molecule has 0 amide bonds. The van der Waals surface area contributed by atoms with Crippen molar-refractivity contribution in [2.75, 3.05) is 0 Å². The molecule has 1 aromatic carbocycles. The number of rotatable bonds is 3. The van der Waals surface area contributed by atoms with Crippen molar-refractivity contribution < 1.29 is 4.42 Å². The first-order valence-corrected chi connectivity index (χ1v) is 6.88. The van der Waals surface area contributed by atoms with Crippen LogP contribution in [0.25, 0.3) is 11.0 Å². The third-order valence-corrected chi connectivity index (χ3v) is 3.98. The van der Waals surface area contributed by atoms with Crippen LogP contribution in [-0.2, 0) is 6.54 Å². The van der Waals surface area contributed by atoms with E-state index in [2.05, 4.69) is 32.9 Å². The van der Waals surface area contributed by atoms with Crippen LogP contribution < -0.4 is 5.73 Å². The second-order valence-corrected chi connectivity index (χ2v) is 5.75. The maximum absolute atomic E-state index is 6.10. The summed E-state index contributed by atoms with van der Waals surface area (Å²) in [4.78, 5) is 0. The van der Waals surface area contributed by atoms with Crippen LogP contribution in [0.2, 0.25) is 0 Å². The average Bonchev–Trinajstić information content (AvgIpc) is 3.09. The van der Waals surface area contributed by atoms with Gasteiger partial charge in [0.1, 0.15) is 11.3 Å². The zero-order chi connectivity index (χ0) is 12.9. The van der Waals surface area contributed by atoms with Crippen molar-refractivity contribution in [1.82, 2.24) is 0 Å². The molecule has 0 saturated heterocycles. The summed E-state index contributed by atoms with van der Waals surface area (Å²) in [5, 5.41) is 1.34. The van der Waals surface area contributed by atoms with Gasteiger partial charge in [-0.1, -0.05) is 26.0 Å². The first-order chi connectivity index (χ1) is 8.63. The normalized spacial score (nSPS) is 15.8. The Morgan fingerprint density at radius 3 is 2.61 bits per heavy atom. The van der Waals surface area contributed by atoms with Crippen molar-refractivity contribution in [3.8, 4) is 0 Å². The van der Waals surface area contributed by atoms with Crippen LogP contribution in [0.4, 0.5) is 0 Å². The van der Waals surface area contributed by atoms with Gasteiger partial charge in [0, 0.05) is 10.9 Å². The van der Waals surface area contributed by atoms with Gasteiger partial charge in [-0.2, -0.15) is 0 Å². The minimum Gasteiger partial charge on any atom is -0.459 e. The molecule has 1 aliphatic carbocycles. The first-order valence-electron chi connectivity index (χ1n) is 6.88. The van der Waals surface area contributed by atoms with Gasteiger partial charge in [-0.3, -0.25) is 0 Å². The molecule has 2 aromatic rings. The SMILES string of the molecule is Cc1ccc(C(C)C)c2oc(CN)c(C3CC3)c12. The van der Waals surface area contributed by atoms with Gasteiger partial charge in [-0.25, -0.2) is 0 Å². The lowest BCUT2D eigenvalue weighted by molar-refractivity contribution is 0.540. The Hall–Kier alpha value is -1.28. The molecule has 2 N–H and O–H groups in total. The molecule has 3 rings (SSSR count). The van der Waals surface area contributed by atoms with Gasteiger partial charge in [-0.15, -0.1) is 0 Å². The van der Waals surface area contributed by atoms with E-state index in [9.17, 15) is 0 Å². The molecule has 0 atom stereocenters. The van der Waals surface area contributed by atoms with Crippen molar-refractivity contribution in [3.05, 3.63) is 34.6 Å². The molecule has 0 aliphatic heterocycles. The predicted molar refractivity (Wildman–Crippen MR) is 74.9 cm³/mol. The Morgan fingerprint density at radius 2 is 2.06 bits per heavy atom. The van der Waals surface area contributed by atoms with Crippen LogP contribution in [0.3, 0.4) is 0 Å². The fourth-order valence-electron chi connectivity index (χ4n) is 2.87. The van der Waals surface area contributed by atoms with Crippen LogP contribution in [0.1, 0.15) is 61.0 Å². The summed E-state index contributed by atoms with van der Waals surface area (Å²) < 4.78 is 6.10. The Balaban J connectivity index is 2.35. The Morgan fingerprint density at radius 1 is 1.33 bits per heavy atom. The van der Waals surface area contributed by atoms with Gasteiger partial charge in [0.05, 0.1) is 6.54 Å². The van der Waals surface area contributed by atoms with E-state index in [1.165, 1.54) is 34.9 Å².